The zero-order chi connectivity index (χ0) is 12.0. The van der Waals surface area contributed by atoms with Gasteiger partial charge in [0.05, 0.1) is 5.75 Å². The average molecular weight is 238 g/mol. The van der Waals surface area contributed by atoms with Crippen LogP contribution < -0.4 is 5.73 Å². The van der Waals surface area contributed by atoms with Gasteiger partial charge >= 0.3 is 0 Å². The monoisotopic (exact) mass is 238 g/mol. The second-order valence-electron chi connectivity index (χ2n) is 3.54. The third-order valence-corrected chi connectivity index (χ3v) is 2.95. The summed E-state index contributed by atoms with van der Waals surface area (Å²) in [6.45, 7) is 3.30. The molecular weight excluding hydrogens is 220 g/mol. The number of amides is 1. The highest BCUT2D eigenvalue weighted by molar-refractivity contribution is 7.99. The van der Waals surface area contributed by atoms with E-state index in [0.29, 0.717) is 18.8 Å². The minimum atomic E-state index is 0.165. The summed E-state index contributed by atoms with van der Waals surface area (Å²) in [6, 6.07) is 7.67. The van der Waals surface area contributed by atoms with E-state index in [1.807, 2.05) is 42.3 Å². The van der Waals surface area contributed by atoms with Crippen LogP contribution in [0.15, 0.2) is 24.3 Å². The van der Waals surface area contributed by atoms with Gasteiger partial charge in [-0.05, 0) is 24.8 Å². The first-order valence-electron chi connectivity index (χ1n) is 5.29. The van der Waals surface area contributed by atoms with Crippen LogP contribution in [0.4, 0.5) is 5.69 Å². The Balaban J connectivity index is 2.70. The molecule has 0 heterocycles. The molecule has 1 aromatic rings. The number of anilines is 1. The number of carbonyl (C=O) groups excluding carboxylic acids is 1. The molecule has 0 fully saturated rings. The first kappa shape index (κ1) is 12.9. The smallest absolute Gasteiger partial charge is 0.232 e. The Morgan fingerprint density at radius 2 is 2.12 bits per heavy atom. The maximum Gasteiger partial charge on any atom is 0.232 e. The van der Waals surface area contributed by atoms with Crippen molar-refractivity contribution < 1.29 is 4.79 Å². The number of rotatable bonds is 5. The number of thioether (sulfide) groups is 1. The van der Waals surface area contributed by atoms with Crippen molar-refractivity contribution >= 4 is 23.4 Å². The van der Waals surface area contributed by atoms with E-state index >= 15 is 0 Å². The van der Waals surface area contributed by atoms with Gasteiger partial charge in [0.15, 0.2) is 0 Å². The van der Waals surface area contributed by atoms with Crippen molar-refractivity contribution in [3.63, 3.8) is 0 Å². The maximum absolute atomic E-state index is 11.8. The van der Waals surface area contributed by atoms with E-state index in [2.05, 4.69) is 0 Å². The molecule has 0 aliphatic carbocycles. The molecule has 2 N–H and O–H groups in total. The summed E-state index contributed by atoms with van der Waals surface area (Å²) < 4.78 is 0. The lowest BCUT2D eigenvalue weighted by Crippen LogP contribution is -2.31. The molecule has 0 aliphatic heterocycles. The van der Waals surface area contributed by atoms with Crippen LogP contribution in [-0.4, -0.2) is 29.4 Å². The van der Waals surface area contributed by atoms with Crippen molar-refractivity contribution in [1.29, 1.82) is 0 Å². The third kappa shape index (κ3) is 3.45. The van der Waals surface area contributed by atoms with Gasteiger partial charge in [0.1, 0.15) is 0 Å². The largest absolute Gasteiger partial charge is 0.398 e. The molecule has 0 aromatic heterocycles. The summed E-state index contributed by atoms with van der Waals surface area (Å²) in [5.74, 6) is 0.693. The molecule has 1 rings (SSSR count). The van der Waals surface area contributed by atoms with Crippen LogP contribution >= 0.6 is 11.8 Å². The Hall–Kier alpha value is -1.16. The van der Waals surface area contributed by atoms with Gasteiger partial charge in [0.2, 0.25) is 5.91 Å². The van der Waals surface area contributed by atoms with Gasteiger partial charge in [-0.2, -0.15) is 11.8 Å². The number of nitrogen functional groups attached to an aromatic ring is 1. The number of benzene rings is 1. The van der Waals surface area contributed by atoms with E-state index in [1.165, 1.54) is 0 Å². The number of para-hydroxylation sites is 1. The van der Waals surface area contributed by atoms with Crippen molar-refractivity contribution in [2.75, 3.05) is 24.3 Å². The van der Waals surface area contributed by atoms with E-state index in [-0.39, 0.29) is 5.91 Å². The van der Waals surface area contributed by atoms with Gasteiger partial charge < -0.3 is 10.6 Å². The highest BCUT2D eigenvalue weighted by Gasteiger charge is 2.12. The molecule has 0 saturated carbocycles. The quantitative estimate of drug-likeness (QED) is 0.798. The number of nitrogens with zero attached hydrogens (tertiary/aromatic N) is 1. The van der Waals surface area contributed by atoms with Gasteiger partial charge in [-0.1, -0.05) is 18.2 Å². The number of hydrogen-bond donors (Lipinski definition) is 1. The van der Waals surface area contributed by atoms with Crippen molar-refractivity contribution in [1.82, 2.24) is 4.90 Å². The van der Waals surface area contributed by atoms with Gasteiger partial charge in [-0.15, -0.1) is 0 Å². The van der Waals surface area contributed by atoms with Gasteiger partial charge in [0, 0.05) is 18.8 Å². The van der Waals surface area contributed by atoms with Crippen LogP contribution in [0.2, 0.25) is 0 Å². The van der Waals surface area contributed by atoms with E-state index < -0.39 is 0 Å². The van der Waals surface area contributed by atoms with Gasteiger partial charge in [-0.3, -0.25) is 4.79 Å². The number of nitrogens with two attached hydrogens (primary N) is 1. The highest BCUT2D eigenvalue weighted by atomic mass is 32.2. The third-order valence-electron chi connectivity index (χ3n) is 2.42. The lowest BCUT2D eigenvalue weighted by Gasteiger charge is -2.21. The predicted molar refractivity (Wildman–Crippen MR) is 70.3 cm³/mol. The van der Waals surface area contributed by atoms with Crippen molar-refractivity contribution in [2.45, 2.75) is 13.5 Å². The maximum atomic E-state index is 11.8. The fraction of sp³-hybridized carbons (Fsp3) is 0.417. The molecule has 0 saturated heterocycles. The fourth-order valence-electron chi connectivity index (χ4n) is 1.47. The minimum Gasteiger partial charge on any atom is -0.398 e. The van der Waals surface area contributed by atoms with E-state index in [4.69, 9.17) is 5.73 Å². The standard InChI is InChI=1S/C12H18N2OS/c1-3-14(12(15)9-16-2)8-10-6-4-5-7-11(10)13/h4-7H,3,8-9,13H2,1-2H3. The Bertz CT molecular complexity index is 355. The molecule has 1 amide bonds. The second kappa shape index (κ2) is 6.43. The molecule has 1 aromatic carbocycles. The molecule has 0 atom stereocenters. The SMILES string of the molecule is CCN(Cc1ccccc1N)C(=O)CSC. The summed E-state index contributed by atoms with van der Waals surface area (Å²) in [5.41, 5.74) is 7.62. The Morgan fingerprint density at radius 3 is 2.69 bits per heavy atom. The first-order valence-corrected chi connectivity index (χ1v) is 6.68. The zero-order valence-corrected chi connectivity index (χ0v) is 10.6. The molecule has 0 unspecified atom stereocenters. The lowest BCUT2D eigenvalue weighted by atomic mass is 10.1. The van der Waals surface area contributed by atoms with E-state index in [0.717, 1.165) is 11.3 Å². The van der Waals surface area contributed by atoms with Crippen LogP contribution in [0, 0.1) is 0 Å². The van der Waals surface area contributed by atoms with Crippen LogP contribution in [0.25, 0.3) is 0 Å². The van der Waals surface area contributed by atoms with Crippen LogP contribution in [0.3, 0.4) is 0 Å². The molecule has 4 heteroatoms. The molecule has 16 heavy (non-hydrogen) atoms. The molecular formula is C12H18N2OS. The Labute approximate surface area is 101 Å². The lowest BCUT2D eigenvalue weighted by molar-refractivity contribution is -0.128. The van der Waals surface area contributed by atoms with Crippen molar-refractivity contribution in [3.05, 3.63) is 29.8 Å². The molecule has 0 bridgehead atoms. The van der Waals surface area contributed by atoms with Crippen LogP contribution in [0.5, 0.6) is 0 Å². The summed E-state index contributed by atoms with van der Waals surface area (Å²) in [6.07, 6.45) is 1.93. The highest BCUT2D eigenvalue weighted by Crippen LogP contribution is 2.13. The van der Waals surface area contributed by atoms with Gasteiger partial charge in [-0.25, -0.2) is 0 Å². The Kier molecular flexibility index (Phi) is 5.19. The second-order valence-corrected chi connectivity index (χ2v) is 4.41. The van der Waals surface area contributed by atoms with Gasteiger partial charge in [0.25, 0.3) is 0 Å². The normalized spacial score (nSPS) is 10.1. The summed E-state index contributed by atoms with van der Waals surface area (Å²) in [4.78, 5) is 13.6. The molecule has 0 radical (unpaired) electrons. The van der Waals surface area contributed by atoms with Crippen LogP contribution in [-0.2, 0) is 11.3 Å². The zero-order valence-electron chi connectivity index (χ0n) is 9.77. The average Bonchev–Trinajstić information content (AvgIpc) is 2.28. The summed E-state index contributed by atoms with van der Waals surface area (Å²) >= 11 is 1.55. The number of hydrogen-bond acceptors (Lipinski definition) is 3. The minimum absolute atomic E-state index is 0.165. The Morgan fingerprint density at radius 1 is 1.44 bits per heavy atom. The van der Waals surface area contributed by atoms with E-state index in [1.54, 1.807) is 11.8 Å². The fourth-order valence-corrected chi connectivity index (χ4v) is 1.90. The van der Waals surface area contributed by atoms with Crippen molar-refractivity contribution in [2.24, 2.45) is 0 Å². The van der Waals surface area contributed by atoms with Crippen molar-refractivity contribution in [3.8, 4) is 0 Å². The summed E-state index contributed by atoms with van der Waals surface area (Å²) in [5, 5.41) is 0. The molecule has 88 valence electrons. The molecule has 3 nitrogen and oxygen atoms in total. The predicted octanol–water partition coefficient (Wildman–Crippen LogP) is 1.98. The number of carbonyl (C=O) groups is 1. The van der Waals surface area contributed by atoms with Crippen LogP contribution in [0.1, 0.15) is 12.5 Å². The molecule has 0 spiro atoms. The summed E-state index contributed by atoms with van der Waals surface area (Å²) in [7, 11) is 0. The molecule has 0 aliphatic rings. The van der Waals surface area contributed by atoms with E-state index in [9.17, 15) is 4.79 Å². The first-order chi connectivity index (χ1) is 7.69. The topological polar surface area (TPSA) is 46.3 Å².